The number of aryl methyl sites for hydroxylation is 1. The number of alkyl halides is 3. The number of nitrogens with zero attached hydrogens (tertiary/aromatic N) is 2. The summed E-state index contributed by atoms with van der Waals surface area (Å²) in [6.07, 6.45) is 1.42. The van der Waals surface area contributed by atoms with Crippen molar-refractivity contribution in [2.75, 3.05) is 5.32 Å². The summed E-state index contributed by atoms with van der Waals surface area (Å²) >= 11 is 0. The van der Waals surface area contributed by atoms with Crippen LogP contribution in [0.5, 0.6) is 0 Å². The molecule has 0 fully saturated rings. The van der Waals surface area contributed by atoms with Crippen molar-refractivity contribution < 1.29 is 13.2 Å². The third kappa shape index (κ3) is 4.08. The standard InChI is InChI=1S/C13H18F3N3/c1-9(7-13(14,15)16)19-12-10-5-3-2-4-6-11(10)17-8-18-12/h8-9H,2-7H2,1H3,(H,17,18,19). The van der Waals surface area contributed by atoms with Gasteiger partial charge in [0.05, 0.1) is 6.42 Å². The maximum absolute atomic E-state index is 12.3. The Morgan fingerprint density at radius 2 is 1.95 bits per heavy atom. The molecule has 1 aliphatic rings. The molecule has 1 atom stereocenters. The van der Waals surface area contributed by atoms with E-state index in [1.54, 1.807) is 0 Å². The summed E-state index contributed by atoms with van der Waals surface area (Å²) in [6.45, 7) is 1.53. The quantitative estimate of drug-likeness (QED) is 0.856. The predicted octanol–water partition coefficient (Wildman–Crippen LogP) is 3.50. The Bertz CT molecular complexity index is 432. The minimum Gasteiger partial charge on any atom is -0.367 e. The lowest BCUT2D eigenvalue weighted by molar-refractivity contribution is -0.136. The molecule has 0 spiro atoms. The van der Waals surface area contributed by atoms with Gasteiger partial charge in [-0.25, -0.2) is 9.97 Å². The lowest BCUT2D eigenvalue weighted by Gasteiger charge is -2.19. The maximum Gasteiger partial charge on any atom is 0.391 e. The Balaban J connectivity index is 2.12. The van der Waals surface area contributed by atoms with E-state index in [0.717, 1.165) is 43.4 Å². The number of aromatic nitrogens is 2. The van der Waals surface area contributed by atoms with Gasteiger partial charge >= 0.3 is 6.18 Å². The Morgan fingerprint density at radius 3 is 2.68 bits per heavy atom. The van der Waals surface area contributed by atoms with Crippen LogP contribution in [0.2, 0.25) is 0 Å². The highest BCUT2D eigenvalue weighted by molar-refractivity contribution is 5.47. The minimum absolute atomic E-state index is 0.573. The van der Waals surface area contributed by atoms with Crippen LogP contribution in [-0.4, -0.2) is 22.2 Å². The Hall–Kier alpha value is -1.33. The molecule has 0 aliphatic heterocycles. The van der Waals surface area contributed by atoms with Crippen LogP contribution in [0.3, 0.4) is 0 Å². The second-order valence-corrected chi connectivity index (χ2v) is 5.07. The normalized spacial score (nSPS) is 17.5. The van der Waals surface area contributed by atoms with Gasteiger partial charge in [0.2, 0.25) is 0 Å². The summed E-state index contributed by atoms with van der Waals surface area (Å²) in [4.78, 5) is 8.36. The number of rotatable bonds is 3. The average Bonchev–Trinajstić information content (AvgIpc) is 2.52. The fourth-order valence-electron chi connectivity index (χ4n) is 2.45. The van der Waals surface area contributed by atoms with E-state index in [9.17, 15) is 13.2 Å². The van der Waals surface area contributed by atoms with Crippen LogP contribution in [0.15, 0.2) is 6.33 Å². The lowest BCUT2D eigenvalue weighted by atomic mass is 10.1. The Morgan fingerprint density at radius 1 is 1.21 bits per heavy atom. The van der Waals surface area contributed by atoms with Crippen molar-refractivity contribution in [1.29, 1.82) is 0 Å². The maximum atomic E-state index is 12.3. The van der Waals surface area contributed by atoms with E-state index in [-0.39, 0.29) is 0 Å². The summed E-state index contributed by atoms with van der Waals surface area (Å²) in [7, 11) is 0. The van der Waals surface area contributed by atoms with Crippen molar-refractivity contribution in [2.45, 2.75) is 57.7 Å². The molecule has 1 unspecified atom stereocenters. The van der Waals surface area contributed by atoms with Gasteiger partial charge in [0.15, 0.2) is 0 Å². The number of hydrogen-bond donors (Lipinski definition) is 1. The molecular weight excluding hydrogens is 255 g/mol. The largest absolute Gasteiger partial charge is 0.391 e. The molecule has 0 saturated heterocycles. The van der Waals surface area contributed by atoms with Crippen molar-refractivity contribution in [3.63, 3.8) is 0 Å². The molecule has 1 aliphatic carbocycles. The molecule has 1 aromatic heterocycles. The predicted molar refractivity (Wildman–Crippen MR) is 67.0 cm³/mol. The first-order valence-electron chi connectivity index (χ1n) is 6.62. The first kappa shape index (κ1) is 14.1. The molecule has 6 heteroatoms. The van der Waals surface area contributed by atoms with Crippen LogP contribution in [0.4, 0.5) is 19.0 Å². The van der Waals surface area contributed by atoms with E-state index in [1.807, 2.05) is 0 Å². The van der Waals surface area contributed by atoms with Crippen molar-refractivity contribution >= 4 is 5.82 Å². The topological polar surface area (TPSA) is 37.8 Å². The monoisotopic (exact) mass is 273 g/mol. The first-order chi connectivity index (χ1) is 8.96. The molecule has 1 N–H and O–H groups in total. The highest BCUT2D eigenvalue weighted by atomic mass is 19.4. The fraction of sp³-hybridized carbons (Fsp3) is 0.692. The summed E-state index contributed by atoms with van der Waals surface area (Å²) in [5.41, 5.74) is 1.98. The van der Waals surface area contributed by atoms with Gasteiger partial charge in [0.1, 0.15) is 12.1 Å². The molecular formula is C13H18F3N3. The zero-order valence-corrected chi connectivity index (χ0v) is 10.9. The molecule has 1 aromatic rings. The number of halogens is 3. The molecule has 0 aromatic carbocycles. The van der Waals surface area contributed by atoms with Crippen LogP contribution < -0.4 is 5.32 Å². The van der Waals surface area contributed by atoms with Crippen LogP contribution in [0.1, 0.15) is 43.9 Å². The molecule has 0 amide bonds. The second kappa shape index (κ2) is 5.75. The van der Waals surface area contributed by atoms with Gasteiger partial charge < -0.3 is 5.32 Å². The van der Waals surface area contributed by atoms with Crippen molar-refractivity contribution in [3.05, 3.63) is 17.6 Å². The lowest BCUT2D eigenvalue weighted by Crippen LogP contribution is -2.25. The van der Waals surface area contributed by atoms with Crippen molar-refractivity contribution in [3.8, 4) is 0 Å². The Kier molecular flexibility index (Phi) is 4.27. The third-order valence-corrected chi connectivity index (χ3v) is 3.30. The van der Waals surface area contributed by atoms with E-state index >= 15 is 0 Å². The SMILES string of the molecule is CC(CC(F)(F)F)Nc1ncnc2c1CCCCC2. The molecule has 1 heterocycles. The number of nitrogens with one attached hydrogen (secondary N) is 1. The first-order valence-corrected chi connectivity index (χ1v) is 6.62. The van der Waals surface area contributed by atoms with Gasteiger partial charge in [-0.2, -0.15) is 13.2 Å². The zero-order valence-electron chi connectivity index (χ0n) is 10.9. The van der Waals surface area contributed by atoms with Crippen LogP contribution in [0.25, 0.3) is 0 Å². The van der Waals surface area contributed by atoms with E-state index < -0.39 is 18.6 Å². The average molecular weight is 273 g/mol. The second-order valence-electron chi connectivity index (χ2n) is 5.07. The number of fused-ring (bicyclic) bond motifs is 1. The molecule has 0 saturated carbocycles. The summed E-state index contributed by atoms with van der Waals surface area (Å²) < 4.78 is 37.0. The van der Waals surface area contributed by atoms with Crippen molar-refractivity contribution in [1.82, 2.24) is 9.97 Å². The van der Waals surface area contributed by atoms with Gasteiger partial charge in [0.25, 0.3) is 0 Å². The molecule has 19 heavy (non-hydrogen) atoms. The van der Waals surface area contributed by atoms with Crippen molar-refractivity contribution in [2.24, 2.45) is 0 Å². The summed E-state index contributed by atoms with van der Waals surface area (Å²) in [5.74, 6) is 0.573. The zero-order chi connectivity index (χ0) is 13.9. The highest BCUT2D eigenvalue weighted by Crippen LogP contribution is 2.27. The van der Waals surface area contributed by atoms with Gasteiger partial charge in [-0.15, -0.1) is 0 Å². The number of anilines is 1. The third-order valence-electron chi connectivity index (χ3n) is 3.30. The smallest absolute Gasteiger partial charge is 0.367 e. The van der Waals surface area contributed by atoms with E-state index in [1.165, 1.54) is 13.3 Å². The highest BCUT2D eigenvalue weighted by Gasteiger charge is 2.30. The van der Waals surface area contributed by atoms with Gasteiger partial charge in [-0.1, -0.05) is 6.42 Å². The van der Waals surface area contributed by atoms with Gasteiger partial charge in [-0.05, 0) is 32.6 Å². The Labute approximate surface area is 110 Å². The van der Waals surface area contributed by atoms with Gasteiger partial charge in [-0.3, -0.25) is 0 Å². The van der Waals surface area contributed by atoms with E-state index in [4.69, 9.17) is 0 Å². The van der Waals surface area contributed by atoms with E-state index in [2.05, 4.69) is 15.3 Å². The molecule has 3 nitrogen and oxygen atoms in total. The van der Waals surface area contributed by atoms with E-state index in [0.29, 0.717) is 5.82 Å². The summed E-state index contributed by atoms with van der Waals surface area (Å²) in [5, 5.41) is 2.88. The molecule has 0 bridgehead atoms. The molecule has 106 valence electrons. The fourth-order valence-corrected chi connectivity index (χ4v) is 2.45. The molecule has 2 rings (SSSR count). The summed E-state index contributed by atoms with van der Waals surface area (Å²) in [6, 6.07) is -0.678. The van der Waals surface area contributed by atoms with Crippen LogP contribution >= 0.6 is 0 Å². The number of hydrogen-bond acceptors (Lipinski definition) is 3. The van der Waals surface area contributed by atoms with Crippen LogP contribution in [0, 0.1) is 0 Å². The molecule has 0 radical (unpaired) electrons. The van der Waals surface area contributed by atoms with Gasteiger partial charge in [0, 0.05) is 17.3 Å². The van der Waals surface area contributed by atoms with Crippen LogP contribution in [-0.2, 0) is 12.8 Å². The minimum atomic E-state index is -4.16.